The van der Waals surface area contributed by atoms with E-state index in [1.54, 1.807) is 0 Å². The predicted octanol–water partition coefficient (Wildman–Crippen LogP) is 3.10. The van der Waals surface area contributed by atoms with E-state index in [0.29, 0.717) is 17.8 Å². The van der Waals surface area contributed by atoms with Crippen LogP contribution in [0.4, 0.5) is 27.5 Å². The number of benzene rings is 1. The van der Waals surface area contributed by atoms with E-state index in [1.807, 2.05) is 24.1 Å². The molecule has 0 unspecified atom stereocenters. The van der Waals surface area contributed by atoms with Crippen LogP contribution in [0.3, 0.4) is 0 Å². The molecule has 1 aliphatic carbocycles. The number of hydrogen-bond acceptors (Lipinski definition) is 6. The molecule has 144 valence electrons. The minimum absolute atomic E-state index is 0.368. The van der Waals surface area contributed by atoms with Crippen molar-refractivity contribution in [2.45, 2.75) is 25.3 Å². The molecule has 2 aromatic rings. The zero-order chi connectivity index (χ0) is 18.8. The molecule has 2 aliphatic rings. The van der Waals surface area contributed by atoms with Crippen molar-refractivity contribution in [3.05, 3.63) is 36.3 Å². The van der Waals surface area contributed by atoms with E-state index in [4.69, 9.17) is 0 Å². The monoisotopic (exact) mass is 370 g/mol. The van der Waals surface area contributed by atoms with Gasteiger partial charge in [-0.1, -0.05) is 6.07 Å². The highest BCUT2D eigenvalue weighted by molar-refractivity contribution is 5.63. The largest absolute Gasteiger partial charge is 0.369 e. The molecule has 0 bridgehead atoms. The number of nitrogens with zero attached hydrogens (tertiary/aromatic N) is 5. The normalized spacial score (nSPS) is 18.3. The average Bonchev–Trinajstić information content (AvgIpc) is 2.63. The summed E-state index contributed by atoms with van der Waals surface area (Å²) in [4.78, 5) is 15.2. The van der Waals surface area contributed by atoms with Crippen LogP contribution in [0, 0.1) is 5.82 Å². The summed E-state index contributed by atoms with van der Waals surface area (Å²) in [6.45, 7) is 4.16. The summed E-state index contributed by atoms with van der Waals surface area (Å²) in [7, 11) is 4.06. The van der Waals surface area contributed by atoms with Crippen LogP contribution in [-0.2, 0) is 0 Å². The molecule has 2 heterocycles. The molecule has 1 saturated carbocycles. The minimum Gasteiger partial charge on any atom is -0.369 e. The van der Waals surface area contributed by atoms with Gasteiger partial charge in [-0.2, -0.15) is 4.98 Å². The summed E-state index contributed by atoms with van der Waals surface area (Å²) in [5, 5.41) is 3.24. The molecule has 0 atom stereocenters. The third-order valence-electron chi connectivity index (χ3n) is 5.65. The zero-order valence-electron chi connectivity index (χ0n) is 16.0. The van der Waals surface area contributed by atoms with E-state index >= 15 is 0 Å². The van der Waals surface area contributed by atoms with Gasteiger partial charge in [-0.25, -0.2) is 9.37 Å². The lowest BCUT2D eigenvalue weighted by atomic mass is 9.92. The van der Waals surface area contributed by atoms with Gasteiger partial charge in [0.15, 0.2) is 11.6 Å². The molecule has 1 saturated heterocycles. The lowest BCUT2D eigenvalue weighted by Crippen LogP contribution is -2.44. The average molecular weight is 370 g/mol. The van der Waals surface area contributed by atoms with Gasteiger partial charge in [-0.05, 0) is 44.5 Å². The summed E-state index contributed by atoms with van der Waals surface area (Å²) in [5.74, 6) is 0.418. The highest BCUT2D eigenvalue weighted by atomic mass is 19.1. The second-order valence-electron chi connectivity index (χ2n) is 7.53. The zero-order valence-corrected chi connectivity index (χ0v) is 16.0. The molecule has 0 radical (unpaired) electrons. The van der Waals surface area contributed by atoms with E-state index < -0.39 is 0 Å². The first-order valence-corrected chi connectivity index (χ1v) is 9.66. The quantitative estimate of drug-likeness (QED) is 0.873. The Bertz CT molecular complexity index is 786. The molecule has 1 aromatic heterocycles. The number of nitrogens with one attached hydrogen (secondary N) is 1. The second kappa shape index (κ2) is 7.68. The first kappa shape index (κ1) is 18.0. The van der Waals surface area contributed by atoms with Crippen molar-refractivity contribution < 1.29 is 4.39 Å². The molecule has 1 aromatic carbocycles. The number of halogens is 1. The van der Waals surface area contributed by atoms with E-state index in [-0.39, 0.29) is 5.82 Å². The lowest BCUT2D eigenvalue weighted by Gasteiger charge is -2.35. The lowest BCUT2D eigenvalue weighted by molar-refractivity contribution is 0.313. The third kappa shape index (κ3) is 3.98. The standard InChI is InChI=1S/C20H27FN6/c1-25-9-11-27(12-10-25)17-8-3-5-15(13-17)23-20-22-14-18(21)19(24-20)26(2)16-6-4-7-16/h3,5,8,13-14,16H,4,6-7,9-12H2,1-2H3,(H,22,23,24). The highest BCUT2D eigenvalue weighted by Gasteiger charge is 2.25. The Kier molecular flexibility index (Phi) is 5.11. The van der Waals surface area contributed by atoms with Crippen LogP contribution in [-0.4, -0.2) is 61.2 Å². The van der Waals surface area contributed by atoms with Crippen LogP contribution in [0.15, 0.2) is 30.5 Å². The van der Waals surface area contributed by atoms with Gasteiger partial charge in [0, 0.05) is 50.6 Å². The molecule has 4 rings (SSSR count). The SMILES string of the molecule is CN1CCN(c2cccc(Nc3ncc(F)c(N(C)C4CCC4)n3)c2)CC1. The number of piperazine rings is 1. The fourth-order valence-corrected chi connectivity index (χ4v) is 3.59. The highest BCUT2D eigenvalue weighted by Crippen LogP contribution is 2.29. The van der Waals surface area contributed by atoms with Gasteiger partial charge in [0.1, 0.15) is 0 Å². The summed E-state index contributed by atoms with van der Waals surface area (Å²) >= 11 is 0. The molecule has 27 heavy (non-hydrogen) atoms. The van der Waals surface area contributed by atoms with Gasteiger partial charge in [0.25, 0.3) is 0 Å². The molecule has 0 spiro atoms. The summed E-state index contributed by atoms with van der Waals surface area (Å²) in [6.07, 6.45) is 4.64. The van der Waals surface area contributed by atoms with Gasteiger partial charge < -0.3 is 20.0 Å². The smallest absolute Gasteiger partial charge is 0.229 e. The van der Waals surface area contributed by atoms with Crippen molar-refractivity contribution in [1.82, 2.24) is 14.9 Å². The Balaban J connectivity index is 1.49. The van der Waals surface area contributed by atoms with Crippen molar-refractivity contribution >= 4 is 23.1 Å². The third-order valence-corrected chi connectivity index (χ3v) is 5.65. The fourth-order valence-electron chi connectivity index (χ4n) is 3.59. The molecule has 1 N–H and O–H groups in total. The number of likely N-dealkylation sites (N-methyl/N-ethyl adjacent to an activating group) is 1. The molecule has 2 fully saturated rings. The van der Waals surface area contributed by atoms with Crippen molar-refractivity contribution in [3.63, 3.8) is 0 Å². The van der Waals surface area contributed by atoms with Crippen molar-refractivity contribution in [3.8, 4) is 0 Å². The summed E-state index contributed by atoms with van der Waals surface area (Å²) in [5.41, 5.74) is 2.09. The van der Waals surface area contributed by atoms with Crippen LogP contribution in [0.25, 0.3) is 0 Å². The number of rotatable bonds is 5. The van der Waals surface area contributed by atoms with E-state index in [9.17, 15) is 4.39 Å². The molecular formula is C20H27FN6. The molecule has 6 nitrogen and oxygen atoms in total. The molecule has 7 heteroatoms. The predicted molar refractivity (Wildman–Crippen MR) is 107 cm³/mol. The Morgan fingerprint density at radius 1 is 1.19 bits per heavy atom. The Morgan fingerprint density at radius 2 is 1.96 bits per heavy atom. The minimum atomic E-state index is -0.374. The maximum absolute atomic E-state index is 14.2. The first-order valence-electron chi connectivity index (χ1n) is 9.66. The van der Waals surface area contributed by atoms with Gasteiger partial charge in [-0.3, -0.25) is 0 Å². The molecule has 1 aliphatic heterocycles. The Labute approximate surface area is 160 Å². The number of anilines is 4. The van der Waals surface area contributed by atoms with Crippen LogP contribution in [0.2, 0.25) is 0 Å². The molecular weight excluding hydrogens is 343 g/mol. The fraction of sp³-hybridized carbons (Fsp3) is 0.500. The summed E-state index contributed by atoms with van der Waals surface area (Å²) in [6, 6.07) is 8.62. The van der Waals surface area contributed by atoms with Crippen LogP contribution < -0.4 is 15.1 Å². The van der Waals surface area contributed by atoms with Crippen LogP contribution >= 0.6 is 0 Å². The van der Waals surface area contributed by atoms with Gasteiger partial charge in [-0.15, -0.1) is 0 Å². The van der Waals surface area contributed by atoms with E-state index in [2.05, 4.69) is 44.3 Å². The van der Waals surface area contributed by atoms with Crippen molar-refractivity contribution in [1.29, 1.82) is 0 Å². The van der Waals surface area contributed by atoms with Crippen LogP contribution in [0.5, 0.6) is 0 Å². The van der Waals surface area contributed by atoms with Gasteiger partial charge >= 0.3 is 0 Å². The van der Waals surface area contributed by atoms with E-state index in [0.717, 1.165) is 44.7 Å². The Morgan fingerprint density at radius 3 is 2.67 bits per heavy atom. The maximum Gasteiger partial charge on any atom is 0.229 e. The summed E-state index contributed by atoms with van der Waals surface area (Å²) < 4.78 is 14.2. The number of aromatic nitrogens is 2. The second-order valence-corrected chi connectivity index (χ2v) is 7.53. The maximum atomic E-state index is 14.2. The van der Waals surface area contributed by atoms with Crippen LogP contribution in [0.1, 0.15) is 19.3 Å². The van der Waals surface area contributed by atoms with Gasteiger partial charge in [0.05, 0.1) is 6.20 Å². The van der Waals surface area contributed by atoms with Crippen molar-refractivity contribution in [2.75, 3.05) is 55.4 Å². The van der Waals surface area contributed by atoms with Gasteiger partial charge in [0.2, 0.25) is 5.95 Å². The number of hydrogen-bond donors (Lipinski definition) is 1. The topological polar surface area (TPSA) is 47.5 Å². The first-order chi connectivity index (χ1) is 13.1. The van der Waals surface area contributed by atoms with Crippen molar-refractivity contribution in [2.24, 2.45) is 0 Å². The Hall–Kier alpha value is -2.41. The van der Waals surface area contributed by atoms with E-state index in [1.165, 1.54) is 18.3 Å². The molecule has 0 amide bonds.